The number of rotatable bonds is 10. The molecule has 3 aromatic rings. The van der Waals surface area contributed by atoms with Gasteiger partial charge in [-0.2, -0.15) is 10.4 Å². The summed E-state index contributed by atoms with van der Waals surface area (Å²) in [6.45, 7) is 2.91. The first-order valence-electron chi connectivity index (χ1n) is 12.2. The molecular weight excluding hydrogens is 561 g/mol. The zero-order chi connectivity index (χ0) is 28.9. The summed E-state index contributed by atoms with van der Waals surface area (Å²) in [7, 11) is -2.50. The molecule has 15 heteroatoms. The van der Waals surface area contributed by atoms with E-state index in [9.17, 15) is 20.2 Å². The Kier molecular flexibility index (Phi) is 9.07. The molecule has 0 radical (unpaired) electrons. The molecular formula is C25H27ClN7O6P. The molecule has 1 amide bonds. The number of non-ortho nitro benzene ring substituents is 1. The van der Waals surface area contributed by atoms with Crippen molar-refractivity contribution in [2.24, 2.45) is 0 Å². The normalized spacial score (nSPS) is 15.1. The Hall–Kier alpha value is -3.95. The molecule has 1 saturated heterocycles. The van der Waals surface area contributed by atoms with Crippen LogP contribution >= 0.6 is 19.0 Å². The van der Waals surface area contributed by atoms with Crippen LogP contribution in [0.4, 0.5) is 17.2 Å². The molecule has 0 bridgehead atoms. The number of carbonyl (C=O) groups excluding carboxylic acids is 1. The highest BCUT2D eigenvalue weighted by molar-refractivity contribution is 7.71. The van der Waals surface area contributed by atoms with E-state index in [0.717, 1.165) is 0 Å². The molecule has 1 aliphatic rings. The Morgan fingerprint density at radius 3 is 2.60 bits per heavy atom. The average molecular weight is 588 g/mol. The van der Waals surface area contributed by atoms with Gasteiger partial charge in [-0.3, -0.25) is 19.5 Å². The molecule has 0 unspecified atom stereocenters. The monoisotopic (exact) mass is 587 g/mol. The van der Waals surface area contributed by atoms with Crippen LogP contribution in [0.15, 0.2) is 42.5 Å². The van der Waals surface area contributed by atoms with Gasteiger partial charge in [0.1, 0.15) is 16.9 Å². The summed E-state index contributed by atoms with van der Waals surface area (Å²) >= 11 is 5.98. The largest absolute Gasteiger partial charge is 0.495 e. The van der Waals surface area contributed by atoms with Crippen LogP contribution in [0.25, 0.3) is 0 Å². The lowest BCUT2D eigenvalue weighted by Crippen LogP contribution is -2.40. The maximum Gasteiger partial charge on any atom is 0.272 e. The number of hydrogen-bond donors (Lipinski definition) is 2. The number of nitriles is 1. The molecule has 1 aromatic heterocycles. The van der Waals surface area contributed by atoms with Gasteiger partial charge in [-0.05, 0) is 37.3 Å². The molecule has 40 heavy (non-hydrogen) atoms. The number of amides is 1. The minimum Gasteiger partial charge on any atom is -0.495 e. The quantitative estimate of drug-likeness (QED) is 0.199. The van der Waals surface area contributed by atoms with Crippen molar-refractivity contribution in [2.45, 2.75) is 19.9 Å². The first-order chi connectivity index (χ1) is 19.2. The van der Waals surface area contributed by atoms with Crippen LogP contribution in [0.5, 0.6) is 5.75 Å². The van der Waals surface area contributed by atoms with E-state index in [1.807, 2.05) is 0 Å². The molecule has 0 spiro atoms. The summed E-state index contributed by atoms with van der Waals surface area (Å²) in [5.41, 5.74) is 0.548. The fourth-order valence-corrected chi connectivity index (χ4v) is 7.15. The second-order valence-electron chi connectivity index (χ2n) is 8.77. The lowest BCUT2D eigenvalue weighted by molar-refractivity contribution is -0.384. The smallest absolute Gasteiger partial charge is 0.272 e. The molecule has 2 N–H and O–H groups in total. The average Bonchev–Trinajstić information content (AvgIpc) is 3.27. The maximum atomic E-state index is 15.2. The number of hydrogen-bond acceptors (Lipinski definition) is 8. The summed E-state index contributed by atoms with van der Waals surface area (Å²) in [4.78, 5) is 24.3. The number of carbonyl (C=O) groups is 1. The first-order valence-corrected chi connectivity index (χ1v) is 14.3. The standard InChI is InChI=1S/C25H27ClN7O6P/c1-17-23(24(32(29-17)11-3-10-27)28-25(34)18-4-6-19(26)7-5-18)40(37,31-12-14-39-15-13-31)30-21-16-20(33(35)36)8-9-22(21)38-2/h4-9,16H,3,11-15H2,1-2H3,(H,28,34)(H,30,37)/t40-/m1/s1. The van der Waals surface area contributed by atoms with Crippen LogP contribution in [-0.4, -0.2) is 58.7 Å². The Bertz CT molecular complexity index is 1500. The Morgan fingerprint density at radius 2 is 1.98 bits per heavy atom. The second kappa shape index (κ2) is 12.5. The SMILES string of the molecule is COc1ccc([N+](=O)[O-])cc1N[P@](=O)(c1c(C)nn(CCC#N)c1NC(=O)c1ccc(Cl)cc1)N1CCOCC1. The Balaban J connectivity index is 1.88. The highest BCUT2D eigenvalue weighted by Crippen LogP contribution is 2.53. The molecule has 13 nitrogen and oxygen atoms in total. The number of nitro benzene ring substituents is 1. The number of nitro groups is 1. The van der Waals surface area contributed by atoms with Crippen molar-refractivity contribution in [1.29, 1.82) is 5.26 Å². The van der Waals surface area contributed by atoms with Gasteiger partial charge in [0.2, 0.25) is 0 Å². The number of nitrogens with zero attached hydrogens (tertiary/aromatic N) is 5. The number of ether oxygens (including phenoxy) is 2. The van der Waals surface area contributed by atoms with E-state index in [-0.39, 0.29) is 54.3 Å². The molecule has 2 aromatic carbocycles. The molecule has 210 valence electrons. The van der Waals surface area contributed by atoms with E-state index < -0.39 is 18.3 Å². The summed E-state index contributed by atoms with van der Waals surface area (Å²) in [6, 6.07) is 12.2. The number of methoxy groups -OCH3 is 1. The maximum absolute atomic E-state index is 15.2. The Morgan fingerprint density at radius 1 is 1.27 bits per heavy atom. The molecule has 1 atom stereocenters. The van der Waals surface area contributed by atoms with Gasteiger partial charge < -0.3 is 19.9 Å². The van der Waals surface area contributed by atoms with Gasteiger partial charge in [-0.15, -0.1) is 0 Å². The number of aryl methyl sites for hydroxylation is 2. The van der Waals surface area contributed by atoms with Gasteiger partial charge in [0, 0.05) is 35.8 Å². The molecule has 1 fully saturated rings. The third-order valence-electron chi connectivity index (χ3n) is 6.22. The van der Waals surface area contributed by atoms with Crippen molar-refractivity contribution in [3.8, 4) is 11.8 Å². The highest BCUT2D eigenvalue weighted by atomic mass is 35.5. The topological polar surface area (TPSA) is 165 Å². The molecule has 2 heterocycles. The van der Waals surface area contributed by atoms with Gasteiger partial charge in [0.05, 0.1) is 55.7 Å². The van der Waals surface area contributed by atoms with Crippen molar-refractivity contribution in [2.75, 3.05) is 43.8 Å². The molecule has 1 aliphatic heterocycles. The number of nitrogens with one attached hydrogen (secondary N) is 2. The lowest BCUT2D eigenvalue weighted by atomic mass is 10.2. The van der Waals surface area contributed by atoms with Crippen molar-refractivity contribution in [3.05, 3.63) is 68.9 Å². The third-order valence-corrected chi connectivity index (χ3v) is 9.36. The van der Waals surface area contributed by atoms with Gasteiger partial charge >= 0.3 is 0 Å². The van der Waals surface area contributed by atoms with Crippen LogP contribution in [-0.2, 0) is 15.8 Å². The van der Waals surface area contributed by atoms with Crippen molar-refractivity contribution < 1.29 is 23.8 Å². The minimum atomic E-state index is -3.90. The minimum absolute atomic E-state index is 0.0817. The number of morpholine rings is 1. The van der Waals surface area contributed by atoms with Gasteiger partial charge in [0.25, 0.3) is 19.0 Å². The highest BCUT2D eigenvalue weighted by Gasteiger charge is 2.41. The third kappa shape index (κ3) is 6.11. The van der Waals surface area contributed by atoms with Gasteiger partial charge in [-0.1, -0.05) is 11.6 Å². The fourth-order valence-electron chi connectivity index (χ4n) is 4.32. The zero-order valence-corrected chi connectivity index (χ0v) is 23.4. The predicted octanol–water partition coefficient (Wildman–Crippen LogP) is 4.19. The molecule has 4 rings (SSSR count). The van der Waals surface area contributed by atoms with Crippen LogP contribution in [0.3, 0.4) is 0 Å². The van der Waals surface area contributed by atoms with E-state index in [2.05, 4.69) is 21.6 Å². The number of halogens is 1. The predicted molar refractivity (Wildman–Crippen MR) is 150 cm³/mol. The Labute approximate surface area is 235 Å². The van der Waals surface area contributed by atoms with E-state index in [1.54, 1.807) is 35.9 Å². The summed E-state index contributed by atoms with van der Waals surface area (Å²) in [6.07, 6.45) is 0.0817. The molecule has 0 aliphatic carbocycles. The first kappa shape index (κ1) is 29.0. The molecule has 0 saturated carbocycles. The number of benzene rings is 2. The zero-order valence-electron chi connectivity index (χ0n) is 21.8. The van der Waals surface area contributed by atoms with Gasteiger partial charge in [-0.25, -0.2) is 9.35 Å². The van der Waals surface area contributed by atoms with Crippen LogP contribution < -0.4 is 20.4 Å². The van der Waals surface area contributed by atoms with Crippen LogP contribution in [0, 0.1) is 28.4 Å². The lowest BCUT2D eigenvalue weighted by Gasteiger charge is -2.35. The van der Waals surface area contributed by atoms with Crippen LogP contribution in [0.1, 0.15) is 22.5 Å². The van der Waals surface area contributed by atoms with Crippen molar-refractivity contribution in [1.82, 2.24) is 14.5 Å². The van der Waals surface area contributed by atoms with E-state index >= 15 is 4.57 Å². The second-order valence-corrected chi connectivity index (χ2v) is 11.6. The van der Waals surface area contributed by atoms with E-state index in [1.165, 1.54) is 30.0 Å². The fraction of sp³-hybridized carbons (Fsp3) is 0.320. The summed E-state index contributed by atoms with van der Waals surface area (Å²) in [5, 5.41) is 31.8. The van der Waals surface area contributed by atoms with Crippen molar-refractivity contribution in [3.63, 3.8) is 0 Å². The number of anilines is 2. The van der Waals surface area contributed by atoms with E-state index in [0.29, 0.717) is 29.5 Å². The number of aromatic nitrogens is 2. The summed E-state index contributed by atoms with van der Waals surface area (Å²) < 4.78 is 29.2. The van der Waals surface area contributed by atoms with Gasteiger partial charge in [0.15, 0.2) is 0 Å². The summed E-state index contributed by atoms with van der Waals surface area (Å²) in [5.74, 6) is -0.128. The van der Waals surface area contributed by atoms with E-state index in [4.69, 9.17) is 21.1 Å². The van der Waals surface area contributed by atoms with Crippen LogP contribution in [0.2, 0.25) is 5.02 Å². The van der Waals surface area contributed by atoms with Crippen molar-refractivity contribution >= 4 is 47.4 Å².